The van der Waals surface area contributed by atoms with Crippen molar-refractivity contribution in [2.45, 2.75) is 0 Å². The van der Waals surface area contributed by atoms with E-state index in [2.05, 4.69) is 15.3 Å². The maximum atomic E-state index is 12.6. The zero-order chi connectivity index (χ0) is 13.8. The molecule has 0 saturated heterocycles. The molecule has 0 saturated carbocycles. The minimum absolute atomic E-state index is 0.124. The zero-order valence-corrected chi connectivity index (χ0v) is 9.50. The van der Waals surface area contributed by atoms with Crippen molar-refractivity contribution in [3.05, 3.63) is 53.7 Å². The molecule has 0 atom stereocenters. The number of halogens is 1. The van der Waals surface area contributed by atoms with Crippen LogP contribution in [0.1, 0.15) is 20.8 Å². The van der Waals surface area contributed by atoms with Crippen LogP contribution in [0, 0.1) is 5.82 Å². The first-order valence-corrected chi connectivity index (χ1v) is 5.18. The molecule has 0 aromatic carbocycles. The average Bonchev–Trinajstić information content (AvgIpc) is 2.41. The fourth-order valence-corrected chi connectivity index (χ4v) is 1.33. The van der Waals surface area contributed by atoms with Crippen molar-refractivity contribution >= 4 is 17.7 Å². The molecule has 0 aliphatic heterocycles. The third-order valence-electron chi connectivity index (χ3n) is 2.21. The first kappa shape index (κ1) is 12.6. The molecule has 0 radical (unpaired) electrons. The van der Waals surface area contributed by atoms with E-state index in [0.717, 1.165) is 18.3 Å². The summed E-state index contributed by atoms with van der Waals surface area (Å²) in [6, 6.07) is 4.96. The molecule has 19 heavy (non-hydrogen) atoms. The third-order valence-corrected chi connectivity index (χ3v) is 2.21. The number of hydrogen-bond acceptors (Lipinski definition) is 4. The van der Waals surface area contributed by atoms with Crippen molar-refractivity contribution in [3.63, 3.8) is 0 Å². The average molecular weight is 261 g/mol. The summed E-state index contributed by atoms with van der Waals surface area (Å²) in [6.45, 7) is 0. The van der Waals surface area contributed by atoms with Crippen LogP contribution in [0.3, 0.4) is 0 Å². The smallest absolute Gasteiger partial charge is 0.354 e. The maximum Gasteiger partial charge on any atom is 0.354 e. The number of pyridine rings is 2. The Morgan fingerprint density at radius 3 is 2.63 bits per heavy atom. The fourth-order valence-electron chi connectivity index (χ4n) is 1.33. The molecule has 2 rings (SSSR count). The van der Waals surface area contributed by atoms with Crippen molar-refractivity contribution in [1.82, 2.24) is 9.97 Å². The highest BCUT2D eigenvalue weighted by molar-refractivity contribution is 6.04. The largest absolute Gasteiger partial charge is 0.477 e. The van der Waals surface area contributed by atoms with Gasteiger partial charge in [0.05, 0.1) is 6.20 Å². The van der Waals surface area contributed by atoms with Crippen LogP contribution in [-0.4, -0.2) is 27.0 Å². The van der Waals surface area contributed by atoms with E-state index in [0.29, 0.717) is 0 Å². The highest BCUT2D eigenvalue weighted by atomic mass is 19.1. The maximum absolute atomic E-state index is 12.6. The van der Waals surface area contributed by atoms with Gasteiger partial charge in [-0.15, -0.1) is 0 Å². The molecule has 7 heteroatoms. The Morgan fingerprint density at radius 1 is 1.21 bits per heavy atom. The normalized spacial score (nSPS) is 9.95. The fraction of sp³-hybridized carbons (Fsp3) is 0. The van der Waals surface area contributed by atoms with E-state index in [-0.39, 0.29) is 17.1 Å². The third kappa shape index (κ3) is 3.09. The highest BCUT2D eigenvalue weighted by Gasteiger charge is 2.11. The van der Waals surface area contributed by atoms with Gasteiger partial charge in [0.1, 0.15) is 17.3 Å². The number of anilines is 1. The van der Waals surface area contributed by atoms with Gasteiger partial charge >= 0.3 is 5.97 Å². The van der Waals surface area contributed by atoms with E-state index in [4.69, 9.17) is 5.11 Å². The van der Waals surface area contributed by atoms with E-state index >= 15 is 0 Å². The van der Waals surface area contributed by atoms with Gasteiger partial charge in [0.15, 0.2) is 0 Å². The molecule has 0 spiro atoms. The number of nitrogens with zero attached hydrogens (tertiary/aromatic N) is 2. The van der Waals surface area contributed by atoms with Gasteiger partial charge in [-0.1, -0.05) is 0 Å². The number of carbonyl (C=O) groups is 2. The summed E-state index contributed by atoms with van der Waals surface area (Å²) >= 11 is 0. The quantitative estimate of drug-likeness (QED) is 0.874. The number of aromatic carboxylic acids is 1. The van der Waals surface area contributed by atoms with Gasteiger partial charge in [-0.05, 0) is 24.3 Å². The standard InChI is InChI=1S/C12H8FN3O3/c13-8-1-2-10(15-6-8)16-11(17)7-3-4-14-9(5-7)12(18)19/h1-6H,(H,18,19)(H,15,16,17). The summed E-state index contributed by atoms with van der Waals surface area (Å²) in [5.74, 6) is -2.13. The minimum atomic E-state index is -1.23. The van der Waals surface area contributed by atoms with Crippen LogP contribution in [0.2, 0.25) is 0 Å². The van der Waals surface area contributed by atoms with Crippen molar-refractivity contribution in [3.8, 4) is 0 Å². The molecular weight excluding hydrogens is 253 g/mol. The summed E-state index contributed by atoms with van der Waals surface area (Å²) in [4.78, 5) is 29.8. The first-order chi connectivity index (χ1) is 9.06. The number of nitrogens with one attached hydrogen (secondary N) is 1. The highest BCUT2D eigenvalue weighted by Crippen LogP contribution is 2.08. The topological polar surface area (TPSA) is 92.2 Å². The first-order valence-electron chi connectivity index (χ1n) is 5.18. The predicted octanol–water partition coefficient (Wildman–Crippen LogP) is 1.57. The number of amides is 1. The SMILES string of the molecule is O=C(Nc1ccc(F)cn1)c1ccnc(C(=O)O)c1. The van der Waals surface area contributed by atoms with E-state index < -0.39 is 17.7 Å². The second kappa shape index (κ2) is 5.21. The van der Waals surface area contributed by atoms with Gasteiger partial charge < -0.3 is 10.4 Å². The Bertz CT molecular complexity index is 628. The molecule has 0 bridgehead atoms. The Hall–Kier alpha value is -2.83. The Balaban J connectivity index is 2.18. The van der Waals surface area contributed by atoms with E-state index in [1.807, 2.05) is 0 Å². The Morgan fingerprint density at radius 2 is 2.00 bits per heavy atom. The van der Waals surface area contributed by atoms with Gasteiger partial charge in [-0.3, -0.25) is 4.79 Å². The molecule has 2 aromatic heterocycles. The summed E-state index contributed by atoms with van der Waals surface area (Å²) in [6.07, 6.45) is 2.18. The van der Waals surface area contributed by atoms with Crippen LogP contribution in [0.5, 0.6) is 0 Å². The van der Waals surface area contributed by atoms with Crippen LogP contribution >= 0.6 is 0 Å². The van der Waals surface area contributed by atoms with Crippen LogP contribution in [-0.2, 0) is 0 Å². The minimum Gasteiger partial charge on any atom is -0.477 e. The monoisotopic (exact) mass is 261 g/mol. The van der Waals surface area contributed by atoms with Crippen LogP contribution in [0.15, 0.2) is 36.7 Å². The lowest BCUT2D eigenvalue weighted by atomic mass is 10.2. The number of hydrogen-bond donors (Lipinski definition) is 2. The van der Waals surface area contributed by atoms with Gasteiger partial charge in [0.25, 0.3) is 5.91 Å². The molecule has 1 amide bonds. The molecular formula is C12H8FN3O3. The lowest BCUT2D eigenvalue weighted by Crippen LogP contribution is -2.14. The van der Waals surface area contributed by atoms with Gasteiger partial charge in [-0.2, -0.15) is 0 Å². The predicted molar refractivity (Wildman–Crippen MR) is 63.3 cm³/mol. The molecule has 0 unspecified atom stereocenters. The number of carbonyl (C=O) groups excluding carboxylic acids is 1. The molecule has 2 N–H and O–H groups in total. The van der Waals surface area contributed by atoms with Crippen molar-refractivity contribution in [1.29, 1.82) is 0 Å². The molecule has 96 valence electrons. The Kier molecular flexibility index (Phi) is 3.46. The Labute approximate surface area is 106 Å². The second-order valence-corrected chi connectivity index (χ2v) is 3.55. The second-order valence-electron chi connectivity index (χ2n) is 3.55. The summed E-state index contributed by atoms with van der Waals surface area (Å²) in [5, 5.41) is 11.2. The molecule has 2 aromatic rings. The van der Waals surface area contributed by atoms with Gasteiger partial charge in [-0.25, -0.2) is 19.2 Å². The molecule has 2 heterocycles. The lowest BCUT2D eigenvalue weighted by Gasteiger charge is -2.04. The zero-order valence-electron chi connectivity index (χ0n) is 9.50. The van der Waals surface area contributed by atoms with E-state index in [9.17, 15) is 14.0 Å². The van der Waals surface area contributed by atoms with Crippen molar-refractivity contribution in [2.75, 3.05) is 5.32 Å². The van der Waals surface area contributed by atoms with Gasteiger partial charge in [0, 0.05) is 11.8 Å². The van der Waals surface area contributed by atoms with E-state index in [1.54, 1.807) is 0 Å². The number of aromatic nitrogens is 2. The summed E-state index contributed by atoms with van der Waals surface area (Å²) in [7, 11) is 0. The number of carboxylic acid groups (broad SMARTS) is 1. The van der Waals surface area contributed by atoms with Crippen molar-refractivity contribution in [2.24, 2.45) is 0 Å². The molecule has 6 nitrogen and oxygen atoms in total. The van der Waals surface area contributed by atoms with Crippen LogP contribution in [0.25, 0.3) is 0 Å². The van der Waals surface area contributed by atoms with Crippen molar-refractivity contribution < 1.29 is 19.1 Å². The summed E-state index contributed by atoms with van der Waals surface area (Å²) < 4.78 is 12.6. The lowest BCUT2D eigenvalue weighted by molar-refractivity contribution is 0.0690. The van der Waals surface area contributed by atoms with E-state index in [1.165, 1.54) is 18.3 Å². The van der Waals surface area contributed by atoms with Crippen LogP contribution in [0.4, 0.5) is 10.2 Å². The number of rotatable bonds is 3. The molecule has 0 aliphatic carbocycles. The molecule has 0 fully saturated rings. The van der Waals surface area contributed by atoms with Gasteiger partial charge in [0.2, 0.25) is 0 Å². The van der Waals surface area contributed by atoms with Crippen LogP contribution < -0.4 is 5.32 Å². The number of carboxylic acids is 1. The summed E-state index contributed by atoms with van der Waals surface area (Å²) in [5.41, 5.74) is -0.113. The molecule has 0 aliphatic rings.